The van der Waals surface area contributed by atoms with Gasteiger partial charge in [-0.05, 0) is 81.0 Å². The van der Waals surface area contributed by atoms with Crippen LogP contribution in [0.5, 0.6) is 0 Å². The highest BCUT2D eigenvalue weighted by Gasteiger charge is 2.14. The van der Waals surface area contributed by atoms with E-state index >= 15 is 0 Å². The molecule has 180 valence electrons. The molecule has 0 fully saturated rings. The van der Waals surface area contributed by atoms with Crippen molar-refractivity contribution >= 4 is 36.5 Å². The molecule has 0 spiro atoms. The van der Waals surface area contributed by atoms with Crippen molar-refractivity contribution in [1.82, 2.24) is 15.2 Å². The van der Waals surface area contributed by atoms with Crippen LogP contribution in [0, 0.1) is 0 Å². The van der Waals surface area contributed by atoms with E-state index in [1.807, 2.05) is 42.5 Å². The van der Waals surface area contributed by atoms with Gasteiger partial charge in [0.15, 0.2) is 0 Å². The first-order valence-corrected chi connectivity index (χ1v) is 12.5. The second kappa shape index (κ2) is 10.1. The van der Waals surface area contributed by atoms with Crippen molar-refractivity contribution in [2.75, 3.05) is 0 Å². The summed E-state index contributed by atoms with van der Waals surface area (Å²) in [5.41, 5.74) is 12.2. The van der Waals surface area contributed by atoms with E-state index < -0.39 is 0 Å². The first-order chi connectivity index (χ1) is 18.7. The predicted octanol–water partition coefficient (Wildman–Crippen LogP) is 8.34. The molecule has 0 N–H and O–H groups in total. The molecule has 0 radical (unpaired) electrons. The molecule has 3 nitrogen and oxygen atoms in total. The number of nitrogens with zero attached hydrogens (tertiary/aromatic N) is 3. The van der Waals surface area contributed by atoms with E-state index in [0.29, 0.717) is 0 Å². The Morgan fingerprint density at radius 1 is 0.579 bits per heavy atom. The van der Waals surface area contributed by atoms with Gasteiger partial charge in [0.1, 0.15) is 5.69 Å². The van der Waals surface area contributed by atoms with Crippen LogP contribution in [0.15, 0.2) is 127 Å². The standard InChI is InChI=1S/C35H25N3/c1-3-24-19-28-11-7-5-9-26(28)13-15-30(24)21-32-17-18-33-34(37-38-35(33)23-36-32)22-31-16-14-27-10-6-8-12-29(27)20-25(31)4-2/h3-23H,1-2H2/b30-21+,31-22+. The van der Waals surface area contributed by atoms with Gasteiger partial charge in [0.25, 0.3) is 0 Å². The third kappa shape index (κ3) is 4.54. The summed E-state index contributed by atoms with van der Waals surface area (Å²) in [6, 6.07) is 20.7. The quantitative estimate of drug-likeness (QED) is 0.290. The van der Waals surface area contributed by atoms with Gasteiger partial charge in [0, 0.05) is 5.56 Å². The third-order valence-electron chi connectivity index (χ3n) is 6.78. The Kier molecular flexibility index (Phi) is 6.17. The predicted molar refractivity (Wildman–Crippen MR) is 160 cm³/mol. The zero-order valence-corrected chi connectivity index (χ0v) is 20.9. The molecule has 0 bridgehead atoms. The van der Waals surface area contributed by atoms with Crippen LogP contribution < -0.4 is 0 Å². The van der Waals surface area contributed by atoms with Gasteiger partial charge in [-0.3, -0.25) is 4.98 Å². The first-order valence-electron chi connectivity index (χ1n) is 12.5. The molecule has 2 heterocycles. The van der Waals surface area contributed by atoms with E-state index in [4.69, 9.17) is 4.98 Å². The minimum Gasteiger partial charge on any atom is -0.255 e. The molecule has 2 aliphatic heterocycles. The number of aromatic nitrogens is 3. The maximum absolute atomic E-state index is 4.71. The Morgan fingerprint density at radius 3 is 1.76 bits per heavy atom. The Morgan fingerprint density at radius 2 is 1.16 bits per heavy atom. The van der Waals surface area contributed by atoms with Gasteiger partial charge in [0.05, 0.1) is 17.6 Å². The molecule has 0 atom stereocenters. The number of benzene rings is 2. The maximum Gasteiger partial charge on any atom is 0.113 e. The monoisotopic (exact) mass is 487 g/mol. The zero-order chi connectivity index (χ0) is 25.9. The van der Waals surface area contributed by atoms with Gasteiger partial charge < -0.3 is 0 Å². The molecule has 0 aromatic heterocycles. The number of fused-ring (bicyclic) bond motifs is 3. The van der Waals surface area contributed by atoms with Gasteiger partial charge in [-0.2, -0.15) is 0 Å². The Hall–Kier alpha value is -5.15. The lowest BCUT2D eigenvalue weighted by atomic mass is 10.0. The number of rotatable bonds is 4. The molecule has 0 unspecified atom stereocenters. The molecule has 0 saturated carbocycles. The first kappa shape index (κ1) is 23.3. The molecule has 6 rings (SSSR count). The Labute approximate surface area is 223 Å². The van der Waals surface area contributed by atoms with E-state index in [1.54, 1.807) is 6.20 Å². The van der Waals surface area contributed by atoms with Crippen molar-refractivity contribution in [1.29, 1.82) is 0 Å². The Bertz CT molecular complexity index is 1740. The van der Waals surface area contributed by atoms with E-state index in [-0.39, 0.29) is 0 Å². The summed E-state index contributed by atoms with van der Waals surface area (Å²) in [6.07, 6.45) is 22.5. The summed E-state index contributed by atoms with van der Waals surface area (Å²) in [5.74, 6) is 0. The van der Waals surface area contributed by atoms with Crippen molar-refractivity contribution in [3.05, 3.63) is 160 Å². The van der Waals surface area contributed by atoms with E-state index in [2.05, 4.69) is 102 Å². The lowest BCUT2D eigenvalue weighted by molar-refractivity contribution is 1.08. The number of hydrogen-bond acceptors (Lipinski definition) is 3. The SMILES string of the molecule is C=CC1=Cc2ccccc2C=C/C1=C\c1ccc2c(/C=C3\C=Cc4ccccc4C=C3C=C)nnc-2cn1. The molecule has 2 aliphatic carbocycles. The van der Waals surface area contributed by atoms with Crippen LogP contribution in [0.1, 0.15) is 33.6 Å². The molecular weight excluding hydrogens is 462 g/mol. The molecule has 3 heteroatoms. The van der Waals surface area contributed by atoms with Crippen molar-refractivity contribution in [3.63, 3.8) is 0 Å². The smallest absolute Gasteiger partial charge is 0.113 e. The van der Waals surface area contributed by atoms with Gasteiger partial charge >= 0.3 is 0 Å². The maximum atomic E-state index is 4.71. The topological polar surface area (TPSA) is 38.7 Å². The zero-order valence-electron chi connectivity index (χ0n) is 20.9. The van der Waals surface area contributed by atoms with Gasteiger partial charge in [-0.1, -0.05) is 98.1 Å². The van der Waals surface area contributed by atoms with Crippen LogP contribution in [0.3, 0.4) is 0 Å². The van der Waals surface area contributed by atoms with Crippen molar-refractivity contribution < 1.29 is 0 Å². The van der Waals surface area contributed by atoms with Crippen molar-refractivity contribution in [2.45, 2.75) is 0 Å². The van der Waals surface area contributed by atoms with Crippen LogP contribution in [0.25, 0.3) is 47.7 Å². The van der Waals surface area contributed by atoms with Crippen LogP contribution in [0.2, 0.25) is 0 Å². The summed E-state index contributed by atoms with van der Waals surface area (Å²) < 4.78 is 0. The fourth-order valence-electron chi connectivity index (χ4n) is 4.72. The van der Waals surface area contributed by atoms with Crippen LogP contribution >= 0.6 is 0 Å². The summed E-state index contributed by atoms with van der Waals surface area (Å²) in [7, 11) is 0. The molecule has 2 aromatic carbocycles. The highest BCUT2D eigenvalue weighted by atomic mass is 15.1. The fraction of sp³-hybridized carbons (Fsp3) is 0. The second-order valence-corrected chi connectivity index (χ2v) is 9.13. The lowest BCUT2D eigenvalue weighted by Crippen LogP contribution is -1.84. The lowest BCUT2D eigenvalue weighted by Gasteiger charge is -2.02. The number of allylic oxidation sites excluding steroid dienone is 8. The van der Waals surface area contributed by atoms with Gasteiger partial charge in [-0.15, -0.1) is 10.2 Å². The summed E-state index contributed by atoms with van der Waals surface area (Å²) in [5, 5.41) is 8.87. The highest BCUT2D eigenvalue weighted by Crippen LogP contribution is 2.31. The average Bonchev–Trinajstić information content (AvgIpc) is 3.09. The summed E-state index contributed by atoms with van der Waals surface area (Å²) in [6.45, 7) is 8.07. The molecule has 38 heavy (non-hydrogen) atoms. The fourth-order valence-corrected chi connectivity index (χ4v) is 4.72. The van der Waals surface area contributed by atoms with Gasteiger partial charge in [-0.25, -0.2) is 0 Å². The van der Waals surface area contributed by atoms with E-state index in [1.165, 1.54) is 16.7 Å². The van der Waals surface area contributed by atoms with Gasteiger partial charge in [0.2, 0.25) is 0 Å². The molecule has 2 aromatic rings. The minimum atomic E-state index is 0.745. The normalized spacial score (nSPS) is 16.3. The highest BCUT2D eigenvalue weighted by molar-refractivity contribution is 5.83. The van der Waals surface area contributed by atoms with E-state index in [0.717, 1.165) is 50.5 Å². The molecule has 0 saturated heterocycles. The molecular formula is C35H25N3. The van der Waals surface area contributed by atoms with Crippen LogP contribution in [-0.4, -0.2) is 15.2 Å². The van der Waals surface area contributed by atoms with E-state index in [9.17, 15) is 0 Å². The minimum absolute atomic E-state index is 0.745. The van der Waals surface area contributed by atoms with Crippen LogP contribution in [-0.2, 0) is 0 Å². The average molecular weight is 488 g/mol. The van der Waals surface area contributed by atoms with Crippen molar-refractivity contribution in [2.24, 2.45) is 0 Å². The number of hydrogen-bond donors (Lipinski definition) is 0. The van der Waals surface area contributed by atoms with Crippen LogP contribution in [0.4, 0.5) is 0 Å². The second-order valence-electron chi connectivity index (χ2n) is 9.13. The summed E-state index contributed by atoms with van der Waals surface area (Å²) >= 11 is 0. The Balaban J connectivity index is 1.38. The molecule has 0 amide bonds. The largest absolute Gasteiger partial charge is 0.255 e. The van der Waals surface area contributed by atoms with Crippen molar-refractivity contribution in [3.8, 4) is 11.3 Å². The summed E-state index contributed by atoms with van der Waals surface area (Å²) in [4.78, 5) is 4.71. The third-order valence-corrected chi connectivity index (χ3v) is 6.78. The molecule has 4 aliphatic rings.